The van der Waals surface area contributed by atoms with Crippen LogP contribution >= 0.6 is 11.3 Å². The summed E-state index contributed by atoms with van der Waals surface area (Å²) < 4.78 is 18.5. The molecule has 0 fully saturated rings. The number of ether oxygens (including phenoxy) is 3. The van der Waals surface area contributed by atoms with E-state index in [2.05, 4.69) is 0 Å². The summed E-state index contributed by atoms with van der Waals surface area (Å²) in [4.78, 5) is 32.8. The van der Waals surface area contributed by atoms with E-state index in [9.17, 15) is 9.59 Å². The molecule has 8 heteroatoms. The van der Waals surface area contributed by atoms with Crippen molar-refractivity contribution in [3.8, 4) is 11.5 Å². The van der Waals surface area contributed by atoms with Crippen molar-refractivity contribution in [1.82, 2.24) is 4.57 Å². The molecule has 1 aliphatic rings. The van der Waals surface area contributed by atoms with Gasteiger partial charge in [0.25, 0.3) is 5.56 Å². The first kappa shape index (κ1) is 25.2. The van der Waals surface area contributed by atoms with Crippen molar-refractivity contribution in [3.63, 3.8) is 0 Å². The Labute approximate surface area is 223 Å². The lowest BCUT2D eigenvalue weighted by molar-refractivity contribution is -0.138. The summed E-state index contributed by atoms with van der Waals surface area (Å²) in [5, 5.41) is 0. The molecule has 0 spiro atoms. The molecule has 0 saturated carbocycles. The van der Waals surface area contributed by atoms with E-state index in [0.717, 1.165) is 11.1 Å². The van der Waals surface area contributed by atoms with Gasteiger partial charge in [-0.3, -0.25) is 9.36 Å². The fraction of sp³-hybridized carbons (Fsp3) is 0.167. The van der Waals surface area contributed by atoms with E-state index in [4.69, 9.17) is 19.2 Å². The fourth-order valence-corrected chi connectivity index (χ4v) is 5.49. The number of thiazole rings is 1. The van der Waals surface area contributed by atoms with Crippen molar-refractivity contribution >= 4 is 29.1 Å². The van der Waals surface area contributed by atoms with E-state index in [1.807, 2.05) is 78.9 Å². The first-order chi connectivity index (χ1) is 18.5. The summed E-state index contributed by atoms with van der Waals surface area (Å²) in [5.41, 5.74) is 2.74. The Morgan fingerprint density at radius 1 is 1.00 bits per heavy atom. The van der Waals surface area contributed by atoms with Crippen LogP contribution in [0, 0.1) is 0 Å². The molecule has 1 aromatic heterocycles. The monoisotopic (exact) mass is 526 g/mol. The van der Waals surface area contributed by atoms with Gasteiger partial charge in [0.05, 0.1) is 42.7 Å². The molecule has 192 valence electrons. The molecule has 0 aliphatic carbocycles. The molecule has 38 heavy (non-hydrogen) atoms. The van der Waals surface area contributed by atoms with Crippen LogP contribution < -0.4 is 24.4 Å². The second kappa shape index (κ2) is 10.9. The number of aromatic nitrogens is 1. The van der Waals surface area contributed by atoms with Gasteiger partial charge in [0.1, 0.15) is 11.5 Å². The van der Waals surface area contributed by atoms with Crippen LogP contribution in [-0.2, 0) is 9.53 Å². The summed E-state index contributed by atoms with van der Waals surface area (Å²) in [5.74, 6) is 0.738. The van der Waals surface area contributed by atoms with Gasteiger partial charge in [-0.05, 0) is 36.8 Å². The Morgan fingerprint density at radius 3 is 2.50 bits per heavy atom. The third-order valence-electron chi connectivity index (χ3n) is 6.21. The molecule has 0 N–H and O–H groups in total. The van der Waals surface area contributed by atoms with Crippen molar-refractivity contribution in [1.29, 1.82) is 0 Å². The Hall–Kier alpha value is -4.43. The van der Waals surface area contributed by atoms with Crippen LogP contribution in [0.4, 0.5) is 0 Å². The highest BCUT2D eigenvalue weighted by molar-refractivity contribution is 7.07. The molecule has 0 saturated heterocycles. The van der Waals surface area contributed by atoms with E-state index in [1.165, 1.54) is 11.3 Å². The second-order valence-electron chi connectivity index (χ2n) is 8.45. The van der Waals surface area contributed by atoms with E-state index < -0.39 is 12.0 Å². The van der Waals surface area contributed by atoms with E-state index >= 15 is 0 Å². The van der Waals surface area contributed by atoms with Crippen molar-refractivity contribution in [2.75, 3.05) is 20.8 Å². The van der Waals surface area contributed by atoms with Crippen LogP contribution in [0.2, 0.25) is 0 Å². The highest BCUT2D eigenvalue weighted by Crippen LogP contribution is 2.36. The van der Waals surface area contributed by atoms with Crippen molar-refractivity contribution in [2.24, 2.45) is 4.99 Å². The minimum absolute atomic E-state index is 0.188. The van der Waals surface area contributed by atoms with Crippen molar-refractivity contribution in [2.45, 2.75) is 13.0 Å². The number of methoxy groups -OCH3 is 2. The predicted molar refractivity (Wildman–Crippen MR) is 147 cm³/mol. The number of esters is 1. The van der Waals surface area contributed by atoms with Gasteiger partial charge in [0, 0.05) is 11.1 Å². The molecule has 1 aliphatic heterocycles. The van der Waals surface area contributed by atoms with E-state index in [0.29, 0.717) is 37.7 Å². The molecule has 1 atom stereocenters. The maximum atomic E-state index is 14.0. The molecular weight excluding hydrogens is 500 g/mol. The van der Waals surface area contributed by atoms with Crippen molar-refractivity contribution < 1.29 is 19.0 Å². The van der Waals surface area contributed by atoms with Gasteiger partial charge in [0.15, 0.2) is 4.80 Å². The molecule has 2 heterocycles. The number of carbonyl (C=O) groups is 1. The molecule has 0 bridgehead atoms. The molecule has 0 unspecified atom stereocenters. The van der Waals surface area contributed by atoms with E-state index in [1.54, 1.807) is 31.8 Å². The quantitative estimate of drug-likeness (QED) is 0.341. The number of benzene rings is 3. The number of fused-ring (bicyclic) bond motifs is 1. The topological polar surface area (TPSA) is 79.1 Å². The van der Waals surface area contributed by atoms with Gasteiger partial charge < -0.3 is 14.2 Å². The van der Waals surface area contributed by atoms with Crippen LogP contribution in [0.15, 0.2) is 94.2 Å². The van der Waals surface area contributed by atoms with Crippen molar-refractivity contribution in [3.05, 3.63) is 121 Å². The average molecular weight is 527 g/mol. The van der Waals surface area contributed by atoms with E-state index in [-0.39, 0.29) is 12.2 Å². The highest BCUT2D eigenvalue weighted by Gasteiger charge is 2.35. The lowest BCUT2D eigenvalue weighted by Gasteiger charge is -2.26. The molecule has 4 aromatic rings. The summed E-state index contributed by atoms with van der Waals surface area (Å²) in [7, 11) is 3.17. The number of para-hydroxylation sites is 1. The standard InChI is InChI=1S/C30H26N2O5S/c1-4-37-29(34)25-26(19-11-6-5-7-12-19)31-30-32(27(25)21-14-10-15-22(17-21)35-2)28(33)24(38-30)18-20-13-8-9-16-23(20)36-3/h5-18,27H,4H2,1-3H3/b24-18+/t27-/m1/s1. The smallest absolute Gasteiger partial charge is 0.338 e. The summed E-state index contributed by atoms with van der Waals surface area (Å²) in [6.45, 7) is 1.94. The maximum Gasteiger partial charge on any atom is 0.338 e. The lowest BCUT2D eigenvalue weighted by Crippen LogP contribution is -2.40. The first-order valence-corrected chi connectivity index (χ1v) is 12.9. The zero-order chi connectivity index (χ0) is 26.6. The Balaban J connectivity index is 1.85. The first-order valence-electron chi connectivity index (χ1n) is 12.1. The van der Waals surface area contributed by atoms with Gasteiger partial charge in [0.2, 0.25) is 0 Å². The van der Waals surface area contributed by atoms with Crippen LogP contribution in [0.25, 0.3) is 11.8 Å². The Bertz CT molecular complexity index is 1700. The highest BCUT2D eigenvalue weighted by atomic mass is 32.1. The third kappa shape index (κ3) is 4.66. The third-order valence-corrected chi connectivity index (χ3v) is 7.19. The number of rotatable bonds is 7. The van der Waals surface area contributed by atoms with Gasteiger partial charge >= 0.3 is 5.97 Å². The maximum absolute atomic E-state index is 14.0. The number of hydrogen-bond donors (Lipinski definition) is 0. The number of nitrogens with zero attached hydrogens (tertiary/aromatic N) is 2. The van der Waals surface area contributed by atoms with Gasteiger partial charge in [-0.1, -0.05) is 72.0 Å². The molecular formula is C30H26N2O5S. The van der Waals surface area contributed by atoms with Crippen LogP contribution in [0.3, 0.4) is 0 Å². The molecule has 3 aromatic carbocycles. The van der Waals surface area contributed by atoms with Crippen LogP contribution in [0.5, 0.6) is 11.5 Å². The lowest BCUT2D eigenvalue weighted by atomic mass is 9.93. The average Bonchev–Trinajstić information content (AvgIpc) is 3.27. The second-order valence-corrected chi connectivity index (χ2v) is 9.46. The molecule has 7 nitrogen and oxygen atoms in total. The fourth-order valence-electron chi connectivity index (χ4n) is 4.49. The van der Waals surface area contributed by atoms with Crippen LogP contribution in [-0.4, -0.2) is 31.4 Å². The molecule has 5 rings (SSSR count). The predicted octanol–water partition coefficient (Wildman–Crippen LogP) is 3.95. The normalized spacial score (nSPS) is 15.0. The SMILES string of the molecule is CCOC(=O)C1=C(c2ccccc2)N=c2s/c(=C/c3ccccc3OC)c(=O)n2[C@@H]1c1cccc(OC)c1. The van der Waals surface area contributed by atoms with Gasteiger partial charge in [-0.2, -0.15) is 0 Å². The minimum atomic E-state index is -0.768. The number of carbonyl (C=O) groups excluding carboxylic acids is 1. The summed E-state index contributed by atoms with van der Waals surface area (Å²) in [6, 6.07) is 23.5. The zero-order valence-electron chi connectivity index (χ0n) is 21.2. The Kier molecular flexibility index (Phi) is 7.24. The van der Waals surface area contributed by atoms with Crippen LogP contribution in [0.1, 0.15) is 29.7 Å². The van der Waals surface area contributed by atoms with Gasteiger partial charge in [-0.25, -0.2) is 9.79 Å². The largest absolute Gasteiger partial charge is 0.497 e. The minimum Gasteiger partial charge on any atom is -0.497 e. The molecule has 0 amide bonds. The van der Waals surface area contributed by atoms with Gasteiger partial charge in [-0.15, -0.1) is 0 Å². The summed E-state index contributed by atoms with van der Waals surface area (Å²) in [6.07, 6.45) is 1.79. The zero-order valence-corrected chi connectivity index (χ0v) is 22.0. The Morgan fingerprint density at radius 2 is 1.76 bits per heavy atom. The summed E-state index contributed by atoms with van der Waals surface area (Å²) >= 11 is 1.27. The molecule has 0 radical (unpaired) electrons. The number of hydrogen-bond acceptors (Lipinski definition) is 7.